The molecule has 1 aliphatic rings. The van der Waals surface area contributed by atoms with E-state index in [1.807, 2.05) is 12.1 Å². The molecule has 1 aromatic carbocycles. The highest BCUT2D eigenvalue weighted by Crippen LogP contribution is 2.40. The molecule has 1 saturated carbocycles. The molecule has 0 bridgehead atoms. The van der Waals surface area contributed by atoms with E-state index in [9.17, 15) is 0 Å². The molecular formula is C17H26BrNO2. The summed E-state index contributed by atoms with van der Waals surface area (Å²) in [6.45, 7) is 0. The highest BCUT2D eigenvalue weighted by atomic mass is 79.9. The summed E-state index contributed by atoms with van der Waals surface area (Å²) in [4.78, 5) is 0. The Kier molecular flexibility index (Phi) is 6.37. The molecule has 0 amide bonds. The lowest BCUT2D eigenvalue weighted by atomic mass is 9.84. The van der Waals surface area contributed by atoms with E-state index < -0.39 is 0 Å². The van der Waals surface area contributed by atoms with Gasteiger partial charge in [0.25, 0.3) is 0 Å². The van der Waals surface area contributed by atoms with Gasteiger partial charge in [0, 0.05) is 11.6 Å². The first kappa shape index (κ1) is 16.6. The Balaban J connectivity index is 2.04. The highest BCUT2D eigenvalue weighted by molar-refractivity contribution is 9.10. The third-order valence-corrected chi connectivity index (χ3v) is 5.28. The Labute approximate surface area is 136 Å². The second-order valence-electron chi connectivity index (χ2n) is 5.89. The van der Waals surface area contributed by atoms with Gasteiger partial charge >= 0.3 is 0 Å². The minimum Gasteiger partial charge on any atom is -0.495 e. The summed E-state index contributed by atoms with van der Waals surface area (Å²) in [5, 5.41) is 0. The maximum absolute atomic E-state index is 6.41. The van der Waals surface area contributed by atoms with E-state index in [1.165, 1.54) is 38.5 Å². The van der Waals surface area contributed by atoms with Gasteiger partial charge < -0.3 is 15.2 Å². The van der Waals surface area contributed by atoms with Crippen molar-refractivity contribution in [3.63, 3.8) is 0 Å². The van der Waals surface area contributed by atoms with Gasteiger partial charge in [-0.1, -0.05) is 32.1 Å². The Bertz CT molecular complexity index is 458. The number of rotatable bonds is 6. The first-order valence-electron chi connectivity index (χ1n) is 7.83. The average Bonchev–Trinajstić information content (AvgIpc) is 2.53. The monoisotopic (exact) mass is 355 g/mol. The zero-order valence-electron chi connectivity index (χ0n) is 13.0. The number of methoxy groups -OCH3 is 2. The van der Waals surface area contributed by atoms with Crippen molar-refractivity contribution < 1.29 is 9.47 Å². The summed E-state index contributed by atoms with van der Waals surface area (Å²) in [6.07, 6.45) is 9.15. The number of ether oxygens (including phenoxy) is 2. The van der Waals surface area contributed by atoms with Gasteiger partial charge in [-0.3, -0.25) is 0 Å². The second-order valence-corrected chi connectivity index (χ2v) is 6.69. The number of hydrogen-bond acceptors (Lipinski definition) is 3. The third-order valence-electron chi connectivity index (χ3n) is 4.53. The molecule has 2 rings (SSSR count). The summed E-state index contributed by atoms with van der Waals surface area (Å²) in [6, 6.07) is 3.99. The van der Waals surface area contributed by atoms with E-state index in [0.717, 1.165) is 33.9 Å². The van der Waals surface area contributed by atoms with Crippen LogP contribution in [0.4, 0.5) is 0 Å². The van der Waals surface area contributed by atoms with Crippen molar-refractivity contribution in [3.05, 3.63) is 22.2 Å². The molecule has 1 unspecified atom stereocenters. The molecule has 1 aromatic rings. The lowest BCUT2D eigenvalue weighted by Gasteiger charge is -2.24. The van der Waals surface area contributed by atoms with Gasteiger partial charge in [0.1, 0.15) is 16.0 Å². The smallest absolute Gasteiger partial charge is 0.141 e. The molecular weight excluding hydrogens is 330 g/mol. The molecule has 0 radical (unpaired) electrons. The van der Waals surface area contributed by atoms with Gasteiger partial charge in [-0.25, -0.2) is 0 Å². The Hall–Kier alpha value is -0.740. The van der Waals surface area contributed by atoms with Crippen LogP contribution in [-0.4, -0.2) is 14.2 Å². The zero-order valence-corrected chi connectivity index (χ0v) is 14.6. The molecule has 0 spiro atoms. The van der Waals surface area contributed by atoms with Gasteiger partial charge in [-0.05, 0) is 46.8 Å². The van der Waals surface area contributed by atoms with Crippen molar-refractivity contribution in [2.45, 2.75) is 51.0 Å². The highest BCUT2D eigenvalue weighted by Gasteiger charge is 2.20. The van der Waals surface area contributed by atoms with Gasteiger partial charge in [0.15, 0.2) is 0 Å². The van der Waals surface area contributed by atoms with Crippen LogP contribution in [0.15, 0.2) is 16.6 Å². The zero-order chi connectivity index (χ0) is 15.2. The maximum atomic E-state index is 6.41. The summed E-state index contributed by atoms with van der Waals surface area (Å²) in [5.74, 6) is 2.43. The molecule has 0 heterocycles. The van der Waals surface area contributed by atoms with Crippen LogP contribution in [0.3, 0.4) is 0 Å². The standard InChI is InChI=1S/C17H26BrNO2/c1-20-15-11-9-13(17(21-2)16(15)18)14(19)10-8-12-6-4-3-5-7-12/h9,11-12,14H,3-8,10,19H2,1-2H3. The summed E-state index contributed by atoms with van der Waals surface area (Å²) < 4.78 is 11.7. The Morgan fingerprint density at radius 3 is 2.52 bits per heavy atom. The SMILES string of the molecule is COc1ccc(C(N)CCC2CCCCC2)c(OC)c1Br. The molecule has 118 valence electrons. The molecule has 3 nitrogen and oxygen atoms in total. The lowest BCUT2D eigenvalue weighted by molar-refractivity contribution is 0.321. The first-order valence-corrected chi connectivity index (χ1v) is 8.62. The number of nitrogens with two attached hydrogens (primary N) is 1. The predicted octanol–water partition coefficient (Wildman–Crippen LogP) is 4.83. The average molecular weight is 356 g/mol. The van der Waals surface area contributed by atoms with Crippen LogP contribution >= 0.6 is 15.9 Å². The van der Waals surface area contributed by atoms with Crippen molar-refractivity contribution in [2.24, 2.45) is 11.7 Å². The first-order chi connectivity index (χ1) is 10.2. The molecule has 4 heteroatoms. The van der Waals surface area contributed by atoms with Gasteiger partial charge in [-0.2, -0.15) is 0 Å². The Morgan fingerprint density at radius 2 is 1.90 bits per heavy atom. The van der Waals surface area contributed by atoms with E-state index in [4.69, 9.17) is 15.2 Å². The van der Waals surface area contributed by atoms with Gasteiger partial charge in [0.2, 0.25) is 0 Å². The van der Waals surface area contributed by atoms with Crippen LogP contribution in [0.2, 0.25) is 0 Å². The van der Waals surface area contributed by atoms with E-state index in [-0.39, 0.29) is 6.04 Å². The van der Waals surface area contributed by atoms with Crippen LogP contribution < -0.4 is 15.2 Å². The van der Waals surface area contributed by atoms with Crippen molar-refractivity contribution in [3.8, 4) is 11.5 Å². The van der Waals surface area contributed by atoms with E-state index in [0.29, 0.717) is 0 Å². The molecule has 1 atom stereocenters. The van der Waals surface area contributed by atoms with E-state index in [1.54, 1.807) is 14.2 Å². The van der Waals surface area contributed by atoms with Gasteiger partial charge in [0.05, 0.1) is 14.2 Å². The Morgan fingerprint density at radius 1 is 1.19 bits per heavy atom. The molecule has 0 saturated heterocycles. The van der Waals surface area contributed by atoms with Crippen LogP contribution in [0.5, 0.6) is 11.5 Å². The summed E-state index contributed by atoms with van der Waals surface area (Å²) >= 11 is 3.54. The van der Waals surface area contributed by atoms with Crippen LogP contribution in [0.25, 0.3) is 0 Å². The van der Waals surface area contributed by atoms with E-state index >= 15 is 0 Å². The minimum absolute atomic E-state index is 0.0177. The van der Waals surface area contributed by atoms with Crippen molar-refractivity contribution in [1.29, 1.82) is 0 Å². The van der Waals surface area contributed by atoms with Crippen molar-refractivity contribution in [1.82, 2.24) is 0 Å². The number of hydrogen-bond donors (Lipinski definition) is 1. The molecule has 0 aliphatic heterocycles. The fourth-order valence-corrected chi connectivity index (χ4v) is 3.94. The number of benzene rings is 1. The van der Waals surface area contributed by atoms with Crippen LogP contribution in [0, 0.1) is 5.92 Å². The molecule has 0 aromatic heterocycles. The normalized spacial score (nSPS) is 17.5. The van der Waals surface area contributed by atoms with Crippen LogP contribution in [0.1, 0.15) is 56.6 Å². The number of halogens is 1. The topological polar surface area (TPSA) is 44.5 Å². The maximum Gasteiger partial charge on any atom is 0.141 e. The van der Waals surface area contributed by atoms with Crippen molar-refractivity contribution >= 4 is 15.9 Å². The quantitative estimate of drug-likeness (QED) is 0.794. The van der Waals surface area contributed by atoms with Crippen molar-refractivity contribution in [2.75, 3.05) is 14.2 Å². The minimum atomic E-state index is 0.0177. The predicted molar refractivity (Wildman–Crippen MR) is 90.0 cm³/mol. The fourth-order valence-electron chi connectivity index (χ4n) is 3.26. The largest absolute Gasteiger partial charge is 0.495 e. The van der Waals surface area contributed by atoms with E-state index in [2.05, 4.69) is 15.9 Å². The molecule has 1 fully saturated rings. The van der Waals surface area contributed by atoms with Crippen LogP contribution in [-0.2, 0) is 0 Å². The second kappa shape index (κ2) is 8.04. The molecule has 2 N–H and O–H groups in total. The molecule has 21 heavy (non-hydrogen) atoms. The summed E-state index contributed by atoms with van der Waals surface area (Å²) in [5.41, 5.74) is 7.46. The molecule has 1 aliphatic carbocycles. The third kappa shape index (κ3) is 4.13. The van der Waals surface area contributed by atoms with Gasteiger partial charge in [-0.15, -0.1) is 0 Å². The summed E-state index contributed by atoms with van der Waals surface area (Å²) in [7, 11) is 3.33. The lowest BCUT2D eigenvalue weighted by Crippen LogP contribution is -2.15. The fraction of sp³-hybridized carbons (Fsp3) is 0.647.